The molecule has 4 fully saturated rings. The molecular formula is C38H48FN13O17. The number of halogens is 1. The van der Waals surface area contributed by atoms with Crippen LogP contribution < -0.4 is 45.7 Å². The quantitative estimate of drug-likeness (QED) is 0.0766. The molecule has 0 amide bonds. The van der Waals surface area contributed by atoms with Gasteiger partial charge in [-0.05, 0) is 25.1 Å². The van der Waals surface area contributed by atoms with Gasteiger partial charge in [-0.1, -0.05) is 5.92 Å². The highest BCUT2D eigenvalue weighted by Crippen LogP contribution is 2.36. The molecule has 31 heteroatoms. The van der Waals surface area contributed by atoms with E-state index in [1.54, 1.807) is 0 Å². The van der Waals surface area contributed by atoms with Crippen molar-refractivity contribution in [2.24, 2.45) is 5.92 Å². The summed E-state index contributed by atoms with van der Waals surface area (Å²) in [5.74, 6) is -0.155. The van der Waals surface area contributed by atoms with E-state index in [1.165, 1.54) is 48.3 Å². The predicted octanol–water partition coefficient (Wildman–Crippen LogP) is -7.05. The second kappa shape index (κ2) is 22.5. The summed E-state index contributed by atoms with van der Waals surface area (Å²) in [6.45, 7) is 0.447. The average Bonchev–Trinajstić information content (AvgIpc) is 4.05. The zero-order valence-corrected chi connectivity index (χ0v) is 35.9. The molecule has 0 spiro atoms. The van der Waals surface area contributed by atoms with Crippen LogP contribution in [-0.4, -0.2) is 160 Å². The second-order valence-corrected chi connectivity index (χ2v) is 15.0. The molecule has 4 aromatic heterocycles. The van der Waals surface area contributed by atoms with Crippen molar-refractivity contribution in [2.75, 3.05) is 49.4 Å². The molecule has 4 aliphatic rings. The van der Waals surface area contributed by atoms with E-state index in [4.69, 9.17) is 73.6 Å². The van der Waals surface area contributed by atoms with Gasteiger partial charge in [0.25, 0.3) is 0 Å². The van der Waals surface area contributed by atoms with Crippen LogP contribution in [0.5, 0.6) is 0 Å². The van der Waals surface area contributed by atoms with E-state index < -0.39 is 133 Å². The van der Waals surface area contributed by atoms with E-state index in [9.17, 15) is 49.1 Å². The number of aromatic nitrogens is 8. The van der Waals surface area contributed by atoms with Crippen molar-refractivity contribution in [3.8, 4) is 18.4 Å². The minimum atomic E-state index is -2.08. The first-order chi connectivity index (χ1) is 32.6. The van der Waals surface area contributed by atoms with Gasteiger partial charge in [-0.25, -0.2) is 23.6 Å². The summed E-state index contributed by atoms with van der Waals surface area (Å²) in [5, 5.41) is 84.9. The largest absolute Gasteiger partial charge is 0.394 e. The Kier molecular flexibility index (Phi) is 17.3. The summed E-state index contributed by atoms with van der Waals surface area (Å²) in [7, 11) is 0. The zero-order chi connectivity index (χ0) is 51.1. The highest BCUT2D eigenvalue weighted by molar-refractivity contribution is 5.27. The molecule has 4 aromatic rings. The van der Waals surface area contributed by atoms with Crippen molar-refractivity contribution in [1.82, 2.24) is 38.2 Å². The Bertz CT molecular complexity index is 2750. The Labute approximate surface area is 386 Å². The van der Waals surface area contributed by atoms with Crippen LogP contribution in [0.3, 0.4) is 0 Å². The Morgan fingerprint density at radius 3 is 1.71 bits per heavy atom. The first-order valence-corrected chi connectivity index (χ1v) is 20.1. The lowest BCUT2D eigenvalue weighted by Crippen LogP contribution is -2.48. The van der Waals surface area contributed by atoms with E-state index in [0.29, 0.717) is 0 Å². The van der Waals surface area contributed by atoms with Gasteiger partial charge >= 0.3 is 22.8 Å². The number of ether oxygens (including phenoxy) is 5. The fraction of sp³-hybridized carbons (Fsp3) is 0.500. The highest BCUT2D eigenvalue weighted by atomic mass is 19.1. The van der Waals surface area contributed by atoms with Crippen LogP contribution in [0.4, 0.5) is 27.7 Å². The van der Waals surface area contributed by atoms with Crippen LogP contribution in [0.1, 0.15) is 31.8 Å². The topological polar surface area (TPSA) is 475 Å². The summed E-state index contributed by atoms with van der Waals surface area (Å²) >= 11 is 0. The number of rotatable bonds is 7. The van der Waals surface area contributed by atoms with Crippen LogP contribution in [0.15, 0.2) is 62.2 Å². The number of aliphatic hydroxyl groups is 8. The van der Waals surface area contributed by atoms with Gasteiger partial charge in [0.1, 0.15) is 60.0 Å². The van der Waals surface area contributed by atoms with E-state index >= 15 is 0 Å². The van der Waals surface area contributed by atoms with Crippen LogP contribution in [0.25, 0.3) is 0 Å². The molecule has 0 aromatic carbocycles. The van der Waals surface area contributed by atoms with E-state index in [0.717, 1.165) is 19.9 Å². The number of aliphatic hydroxyl groups excluding tert-OH is 7. The molecule has 0 bridgehead atoms. The Hall–Kier alpha value is -6.82. The maximum atomic E-state index is 13.2. The summed E-state index contributed by atoms with van der Waals surface area (Å²) in [4.78, 5) is 59.9. The smallest absolute Gasteiger partial charge is 0.351 e. The minimum Gasteiger partial charge on any atom is -0.394 e. The molecule has 16 N–H and O–H groups in total. The first kappa shape index (κ1) is 53.1. The molecule has 4 aliphatic heterocycles. The summed E-state index contributed by atoms with van der Waals surface area (Å²) < 4.78 is 43.2. The highest BCUT2D eigenvalue weighted by Gasteiger charge is 2.55. The minimum absolute atomic E-state index is 0.0136. The SMILES string of the molecule is C#C[C@@]1(O)[C@@H](CO)O[C@@H](n2ccc(N)nc2=O)[C@@H]1O.C[C@H]1O[C@@H](n2cc(F)c(N)nc2=O)[C@H](O)[C@@H]1O.N#C[C@H]1[C@H](O)[C@@H](CO)O[C@H]1n1ccc(N)nc1=O.Nc1ccn([C@@H]2CO[C@H](CO)O2)c(=O)n1. The third-order valence-corrected chi connectivity index (χ3v) is 10.6. The summed E-state index contributed by atoms with van der Waals surface area (Å²) in [6.07, 6.45) is -2.59. The number of terminal acetylenes is 1. The van der Waals surface area contributed by atoms with E-state index in [1.807, 2.05) is 12.0 Å². The van der Waals surface area contributed by atoms with Crippen molar-refractivity contribution in [2.45, 2.75) is 86.5 Å². The average molecular weight is 978 g/mol. The van der Waals surface area contributed by atoms with Gasteiger partial charge < -0.3 is 87.5 Å². The molecule has 8 rings (SSSR count). The Morgan fingerprint density at radius 1 is 0.739 bits per heavy atom. The van der Waals surface area contributed by atoms with Gasteiger partial charge in [0, 0.05) is 18.6 Å². The van der Waals surface area contributed by atoms with Gasteiger partial charge in [0.15, 0.2) is 48.4 Å². The van der Waals surface area contributed by atoms with Crippen LogP contribution in [0.2, 0.25) is 0 Å². The normalized spacial score (nSPS) is 31.2. The fourth-order valence-electron chi connectivity index (χ4n) is 6.87. The number of hydrogen-bond acceptors (Lipinski definition) is 26. The van der Waals surface area contributed by atoms with Crippen molar-refractivity contribution in [1.29, 1.82) is 5.26 Å². The second-order valence-electron chi connectivity index (χ2n) is 15.0. The molecule has 374 valence electrons. The van der Waals surface area contributed by atoms with Gasteiger partial charge in [-0.15, -0.1) is 6.42 Å². The van der Waals surface area contributed by atoms with Crippen molar-refractivity contribution >= 4 is 23.3 Å². The molecule has 69 heavy (non-hydrogen) atoms. The number of hydrogen-bond donors (Lipinski definition) is 12. The van der Waals surface area contributed by atoms with Crippen molar-refractivity contribution < 1.29 is 68.9 Å². The van der Waals surface area contributed by atoms with Gasteiger partial charge in [-0.2, -0.15) is 25.2 Å². The molecule has 4 saturated heterocycles. The summed E-state index contributed by atoms with van der Waals surface area (Å²) in [5.41, 5.74) is 16.3. The molecule has 0 aliphatic carbocycles. The molecule has 30 nitrogen and oxygen atoms in total. The van der Waals surface area contributed by atoms with Crippen molar-refractivity contribution in [3.05, 3.63) is 90.7 Å². The van der Waals surface area contributed by atoms with E-state index in [-0.39, 0.29) is 30.7 Å². The maximum Gasteiger partial charge on any atom is 0.351 e. The lowest BCUT2D eigenvalue weighted by molar-refractivity contribution is -0.0992. The number of nitriles is 1. The number of nitrogens with zero attached hydrogens (tertiary/aromatic N) is 9. The van der Waals surface area contributed by atoms with E-state index in [2.05, 4.69) is 19.9 Å². The Balaban J connectivity index is 0.000000172. The van der Waals surface area contributed by atoms with Crippen LogP contribution in [0, 0.1) is 35.4 Å². The number of nitrogens with two attached hydrogens (primary N) is 4. The zero-order valence-electron chi connectivity index (χ0n) is 35.9. The maximum absolute atomic E-state index is 13.2. The lowest BCUT2D eigenvalue weighted by atomic mass is 9.93. The standard InChI is InChI=1S/C11H13N3O5.C10H12N4O4.C9H12FN3O4.C8H11N3O4/c1-2-11(18)6(5-15)19-9(8(11)16)14-4-3-7(12)13-10(14)17;11-3-5-8(16)6(4-15)18-9(5)14-2-1-7(12)13-10(14)17;1-3-5(14)6(15)8(17-3)13-2-4(10)7(11)12-9(13)16;9-5-1-2-11(8(13)10-5)6-4-14-7(3-12)15-6/h1,3-4,6,8-9,15-16,18H,5H2,(H2,12,13,17);1-2,5-6,8-9,15-16H,4H2,(H2,12,13,17);2-3,5-6,8,14-15H,1H3,(H2,11,12,16);1-2,6-7,12H,3-4H2,(H2,9,10,13)/t6-,8+,9-,11-;5-,6+,8-,9+;3-,5-,6-,8-;6-,7-/m1010/s1. The van der Waals surface area contributed by atoms with Crippen molar-refractivity contribution in [3.63, 3.8) is 0 Å². The molecule has 0 saturated carbocycles. The predicted molar refractivity (Wildman–Crippen MR) is 227 cm³/mol. The van der Waals surface area contributed by atoms with Crippen LogP contribution >= 0.6 is 0 Å². The monoisotopic (exact) mass is 977 g/mol. The molecule has 8 heterocycles. The third kappa shape index (κ3) is 11.6. The molecular weight excluding hydrogens is 929 g/mol. The number of nitrogen functional groups attached to an aromatic ring is 4. The van der Waals surface area contributed by atoms with Crippen LogP contribution in [-0.2, 0) is 23.7 Å². The third-order valence-electron chi connectivity index (χ3n) is 10.6. The van der Waals surface area contributed by atoms with Gasteiger partial charge in [-0.3, -0.25) is 18.3 Å². The first-order valence-electron chi connectivity index (χ1n) is 20.1. The molecule has 0 unspecified atom stereocenters. The summed E-state index contributed by atoms with van der Waals surface area (Å²) in [6, 6.07) is 6.08. The molecule has 14 atom stereocenters. The van der Waals surface area contributed by atoms with Gasteiger partial charge in [0.05, 0.1) is 44.8 Å². The lowest BCUT2D eigenvalue weighted by Gasteiger charge is -2.23. The number of anilines is 4. The van der Waals surface area contributed by atoms with Gasteiger partial charge in [0.2, 0.25) is 0 Å². The Morgan fingerprint density at radius 2 is 1.28 bits per heavy atom. The fourth-order valence-corrected chi connectivity index (χ4v) is 6.87. The molecule has 0 radical (unpaired) electrons.